The van der Waals surface area contributed by atoms with Crippen LogP contribution in [0.1, 0.15) is 13.3 Å². The predicted molar refractivity (Wildman–Crippen MR) is 39.8 cm³/mol. The van der Waals surface area contributed by atoms with Crippen molar-refractivity contribution in [3.63, 3.8) is 0 Å². The van der Waals surface area contributed by atoms with Crippen LogP contribution in [0.3, 0.4) is 0 Å². The molecule has 46 valence electrons. The fourth-order valence-electron chi connectivity index (χ4n) is 0.851. The van der Waals surface area contributed by atoms with E-state index < -0.39 is 0 Å². The van der Waals surface area contributed by atoms with Gasteiger partial charge >= 0.3 is 0 Å². The van der Waals surface area contributed by atoms with E-state index in [1.165, 1.54) is 5.57 Å². The van der Waals surface area contributed by atoms with E-state index in [1.807, 2.05) is 0 Å². The SMILES string of the molecule is C#C[C@@H]1C=CC(C)=CC1. The maximum Gasteiger partial charge on any atom is 0.0417 e. The van der Waals surface area contributed by atoms with Gasteiger partial charge in [0, 0.05) is 5.92 Å². The van der Waals surface area contributed by atoms with Gasteiger partial charge in [0.2, 0.25) is 0 Å². The quantitative estimate of drug-likeness (QED) is 0.427. The van der Waals surface area contributed by atoms with E-state index in [1.54, 1.807) is 0 Å². The first-order valence-corrected chi connectivity index (χ1v) is 3.14. The van der Waals surface area contributed by atoms with Crippen LogP contribution in [-0.2, 0) is 0 Å². The van der Waals surface area contributed by atoms with E-state index >= 15 is 0 Å². The minimum Gasteiger partial charge on any atom is -0.119 e. The van der Waals surface area contributed by atoms with Crippen LogP contribution in [0.5, 0.6) is 0 Å². The fraction of sp³-hybridized carbons (Fsp3) is 0.333. The lowest BCUT2D eigenvalue weighted by molar-refractivity contribution is 0.844. The topological polar surface area (TPSA) is 0 Å². The molecule has 0 radical (unpaired) electrons. The second-order valence-corrected chi connectivity index (χ2v) is 2.32. The molecule has 0 aromatic rings. The molecule has 0 unspecified atom stereocenters. The molecule has 0 spiro atoms. The van der Waals surface area contributed by atoms with E-state index in [0.717, 1.165) is 6.42 Å². The van der Waals surface area contributed by atoms with Crippen molar-refractivity contribution in [3.05, 3.63) is 23.8 Å². The Morgan fingerprint density at radius 3 is 3.00 bits per heavy atom. The molecule has 1 aliphatic carbocycles. The third-order valence-corrected chi connectivity index (χ3v) is 1.50. The van der Waals surface area contributed by atoms with Crippen LogP contribution in [0.2, 0.25) is 0 Å². The van der Waals surface area contributed by atoms with Crippen molar-refractivity contribution in [3.8, 4) is 12.3 Å². The van der Waals surface area contributed by atoms with E-state index in [9.17, 15) is 0 Å². The molecule has 0 fully saturated rings. The summed E-state index contributed by atoms with van der Waals surface area (Å²) >= 11 is 0. The maximum atomic E-state index is 5.22. The lowest BCUT2D eigenvalue weighted by Gasteiger charge is -2.06. The zero-order valence-electron chi connectivity index (χ0n) is 5.59. The van der Waals surface area contributed by atoms with E-state index in [4.69, 9.17) is 6.42 Å². The van der Waals surface area contributed by atoms with Gasteiger partial charge in [-0.25, -0.2) is 0 Å². The third kappa shape index (κ3) is 1.47. The Morgan fingerprint density at radius 1 is 1.78 bits per heavy atom. The number of rotatable bonds is 0. The van der Waals surface area contributed by atoms with Crippen molar-refractivity contribution in [2.75, 3.05) is 0 Å². The minimum atomic E-state index is 0.341. The van der Waals surface area contributed by atoms with Crippen molar-refractivity contribution in [1.82, 2.24) is 0 Å². The molecule has 0 saturated heterocycles. The number of hydrogen-bond acceptors (Lipinski definition) is 0. The molecule has 0 saturated carbocycles. The van der Waals surface area contributed by atoms with Gasteiger partial charge in [-0.15, -0.1) is 6.42 Å². The number of terminal acetylenes is 1. The van der Waals surface area contributed by atoms with Crippen LogP contribution in [0.25, 0.3) is 0 Å². The summed E-state index contributed by atoms with van der Waals surface area (Å²) < 4.78 is 0. The molecule has 0 aromatic heterocycles. The lowest BCUT2D eigenvalue weighted by Crippen LogP contribution is -1.93. The van der Waals surface area contributed by atoms with E-state index in [-0.39, 0.29) is 0 Å². The van der Waals surface area contributed by atoms with Gasteiger partial charge in [0.25, 0.3) is 0 Å². The van der Waals surface area contributed by atoms with Crippen molar-refractivity contribution in [2.24, 2.45) is 5.92 Å². The largest absolute Gasteiger partial charge is 0.119 e. The van der Waals surface area contributed by atoms with Crippen LogP contribution in [-0.4, -0.2) is 0 Å². The summed E-state index contributed by atoms with van der Waals surface area (Å²) in [4.78, 5) is 0. The zero-order chi connectivity index (χ0) is 6.69. The Balaban J connectivity index is 2.61. The summed E-state index contributed by atoms with van der Waals surface area (Å²) in [5.74, 6) is 3.03. The predicted octanol–water partition coefficient (Wildman–Crippen LogP) is 2.14. The monoisotopic (exact) mass is 118 g/mol. The smallest absolute Gasteiger partial charge is 0.0417 e. The summed E-state index contributed by atoms with van der Waals surface area (Å²) in [7, 11) is 0. The highest BCUT2D eigenvalue weighted by Crippen LogP contribution is 2.14. The van der Waals surface area contributed by atoms with Gasteiger partial charge in [-0.3, -0.25) is 0 Å². The molecule has 0 bridgehead atoms. The second kappa shape index (κ2) is 2.55. The molecule has 0 aromatic carbocycles. The molecule has 1 rings (SSSR count). The van der Waals surface area contributed by atoms with E-state index in [2.05, 4.69) is 31.1 Å². The van der Waals surface area contributed by atoms with Crippen LogP contribution in [0.15, 0.2) is 23.8 Å². The van der Waals surface area contributed by atoms with Gasteiger partial charge in [0.05, 0.1) is 0 Å². The first-order chi connectivity index (χ1) is 4.33. The van der Waals surface area contributed by atoms with Gasteiger partial charge in [0.15, 0.2) is 0 Å². The van der Waals surface area contributed by atoms with Gasteiger partial charge in [-0.2, -0.15) is 0 Å². The molecule has 9 heavy (non-hydrogen) atoms. The maximum absolute atomic E-state index is 5.22. The molecule has 0 N–H and O–H groups in total. The Labute approximate surface area is 56.3 Å². The third-order valence-electron chi connectivity index (χ3n) is 1.50. The summed E-state index contributed by atoms with van der Waals surface area (Å²) in [6.07, 6.45) is 12.6. The average molecular weight is 118 g/mol. The highest BCUT2D eigenvalue weighted by atomic mass is 14.0. The molecule has 0 aliphatic heterocycles. The van der Waals surface area contributed by atoms with Gasteiger partial charge in [-0.05, 0) is 13.3 Å². The van der Waals surface area contributed by atoms with E-state index in [0.29, 0.717) is 5.92 Å². The Morgan fingerprint density at radius 2 is 2.56 bits per heavy atom. The fourth-order valence-corrected chi connectivity index (χ4v) is 0.851. The number of allylic oxidation sites excluding steroid dienone is 4. The van der Waals surface area contributed by atoms with Crippen LogP contribution >= 0.6 is 0 Å². The summed E-state index contributed by atoms with van der Waals surface area (Å²) in [5.41, 5.74) is 1.32. The van der Waals surface area contributed by atoms with Crippen molar-refractivity contribution in [1.29, 1.82) is 0 Å². The van der Waals surface area contributed by atoms with Crippen LogP contribution < -0.4 is 0 Å². The molecular formula is C9H10. The summed E-state index contributed by atoms with van der Waals surface area (Å²) in [5, 5.41) is 0. The minimum absolute atomic E-state index is 0.341. The average Bonchev–Trinajstić information content (AvgIpc) is 1.90. The Kier molecular flexibility index (Phi) is 1.75. The Hall–Kier alpha value is -0.960. The lowest BCUT2D eigenvalue weighted by atomic mass is 9.98. The van der Waals surface area contributed by atoms with Gasteiger partial charge in [-0.1, -0.05) is 29.7 Å². The highest BCUT2D eigenvalue weighted by Gasteiger charge is 2.00. The molecule has 1 atom stereocenters. The van der Waals surface area contributed by atoms with Gasteiger partial charge < -0.3 is 0 Å². The molecule has 0 nitrogen and oxygen atoms in total. The molecule has 0 heteroatoms. The summed E-state index contributed by atoms with van der Waals surface area (Å²) in [6.45, 7) is 2.09. The van der Waals surface area contributed by atoms with Crippen molar-refractivity contribution < 1.29 is 0 Å². The van der Waals surface area contributed by atoms with Crippen molar-refractivity contribution in [2.45, 2.75) is 13.3 Å². The first kappa shape index (κ1) is 6.16. The number of hydrogen-bond donors (Lipinski definition) is 0. The first-order valence-electron chi connectivity index (χ1n) is 3.14. The Bertz CT molecular complexity index is 189. The standard InChI is InChI=1S/C9H10/c1-3-9-6-4-8(2)5-7-9/h1,4-6,9H,7H2,2H3/t9-/m1/s1. The van der Waals surface area contributed by atoms with Crippen LogP contribution in [0.4, 0.5) is 0 Å². The van der Waals surface area contributed by atoms with Crippen molar-refractivity contribution >= 4 is 0 Å². The molecular weight excluding hydrogens is 108 g/mol. The second-order valence-electron chi connectivity index (χ2n) is 2.32. The molecule has 0 amide bonds. The highest BCUT2D eigenvalue weighted by molar-refractivity contribution is 5.25. The van der Waals surface area contributed by atoms with Crippen LogP contribution in [0, 0.1) is 18.3 Å². The molecule has 0 heterocycles. The zero-order valence-corrected chi connectivity index (χ0v) is 5.59. The normalized spacial score (nSPS) is 24.9. The van der Waals surface area contributed by atoms with Gasteiger partial charge in [0.1, 0.15) is 0 Å². The molecule has 1 aliphatic rings. The summed E-state index contributed by atoms with van der Waals surface area (Å²) in [6, 6.07) is 0.